The van der Waals surface area contributed by atoms with Crippen molar-refractivity contribution in [1.82, 2.24) is 5.32 Å². The molecule has 31 heavy (non-hydrogen) atoms. The molecular weight excluding hydrogens is 391 g/mol. The summed E-state index contributed by atoms with van der Waals surface area (Å²) in [4.78, 5) is 27.2. The number of carbonyl (C=O) groups excluding carboxylic acids is 2. The summed E-state index contributed by atoms with van der Waals surface area (Å²) in [5.41, 5.74) is 2.93. The molecule has 0 saturated heterocycles. The van der Waals surface area contributed by atoms with Gasteiger partial charge >= 0.3 is 0 Å². The Morgan fingerprint density at radius 2 is 1.65 bits per heavy atom. The summed E-state index contributed by atoms with van der Waals surface area (Å²) in [7, 11) is 0. The molecule has 1 aliphatic rings. The Morgan fingerprint density at radius 1 is 0.903 bits per heavy atom. The van der Waals surface area contributed by atoms with Gasteiger partial charge in [-0.3, -0.25) is 9.59 Å². The lowest BCUT2D eigenvalue weighted by molar-refractivity contribution is -0.120. The van der Waals surface area contributed by atoms with Crippen LogP contribution in [0.25, 0.3) is 0 Å². The maximum Gasteiger partial charge on any atom is 0.258 e. The molecule has 0 spiro atoms. The lowest BCUT2D eigenvalue weighted by Crippen LogP contribution is -2.31. The number of hydrogen-bond donors (Lipinski definition) is 1. The highest BCUT2D eigenvalue weighted by Crippen LogP contribution is 2.27. The fourth-order valence-corrected chi connectivity index (χ4v) is 3.45. The Labute approximate surface area is 181 Å². The van der Waals surface area contributed by atoms with Crippen LogP contribution in [0, 0.1) is 11.7 Å². The van der Waals surface area contributed by atoms with Gasteiger partial charge in [0, 0.05) is 17.8 Å². The van der Waals surface area contributed by atoms with E-state index in [1.807, 2.05) is 42.5 Å². The van der Waals surface area contributed by atoms with Crippen molar-refractivity contribution < 1.29 is 14.0 Å². The number of halogens is 1. The molecule has 4 rings (SSSR count). The van der Waals surface area contributed by atoms with E-state index in [0.717, 1.165) is 17.7 Å². The van der Waals surface area contributed by atoms with Crippen LogP contribution in [0.3, 0.4) is 0 Å². The normalized spacial score (nSPS) is 12.9. The molecule has 0 radical (unpaired) electrons. The van der Waals surface area contributed by atoms with E-state index < -0.39 is 0 Å². The molecule has 0 unspecified atom stereocenters. The Kier molecular flexibility index (Phi) is 6.41. The molecule has 1 N–H and O–H groups in total. The number of anilines is 1. The maximum absolute atomic E-state index is 13.3. The van der Waals surface area contributed by atoms with Crippen LogP contribution >= 0.6 is 0 Å². The van der Waals surface area contributed by atoms with Gasteiger partial charge in [0.1, 0.15) is 5.82 Å². The van der Waals surface area contributed by atoms with E-state index in [1.165, 1.54) is 25.0 Å². The van der Waals surface area contributed by atoms with Gasteiger partial charge in [0.05, 0.1) is 13.0 Å². The number of nitrogens with one attached hydrogen (secondary N) is 1. The summed E-state index contributed by atoms with van der Waals surface area (Å²) >= 11 is 0. The number of nitrogens with zero attached hydrogens (tertiary/aromatic N) is 1. The summed E-state index contributed by atoms with van der Waals surface area (Å²) in [5, 5.41) is 2.98. The predicted octanol–water partition coefficient (Wildman–Crippen LogP) is 4.74. The second-order valence-electron chi connectivity index (χ2n) is 7.98. The van der Waals surface area contributed by atoms with Gasteiger partial charge in [-0.2, -0.15) is 0 Å². The molecule has 1 aliphatic carbocycles. The standard InChI is InChI=1S/C26H25FN2O2/c27-23-13-11-20(12-14-23)18-29(26(31)22-6-2-1-3-7-22)24-8-4-5-21(15-24)16-25(30)28-17-19-9-10-19/h1-8,11-15,19H,9-10,16-18H2,(H,28,30). The first-order chi connectivity index (χ1) is 15.1. The Balaban J connectivity index is 1.57. The highest BCUT2D eigenvalue weighted by atomic mass is 19.1. The van der Waals surface area contributed by atoms with E-state index in [4.69, 9.17) is 0 Å². The van der Waals surface area contributed by atoms with Crippen molar-refractivity contribution in [2.75, 3.05) is 11.4 Å². The number of rotatable bonds is 8. The Morgan fingerprint density at radius 3 is 2.35 bits per heavy atom. The molecule has 0 atom stereocenters. The van der Waals surface area contributed by atoms with E-state index in [-0.39, 0.29) is 24.1 Å². The first-order valence-electron chi connectivity index (χ1n) is 10.6. The van der Waals surface area contributed by atoms with E-state index in [1.54, 1.807) is 29.2 Å². The zero-order valence-corrected chi connectivity index (χ0v) is 17.3. The van der Waals surface area contributed by atoms with Crippen LogP contribution in [0.5, 0.6) is 0 Å². The molecule has 158 valence electrons. The van der Waals surface area contributed by atoms with E-state index in [9.17, 15) is 14.0 Å². The predicted molar refractivity (Wildman–Crippen MR) is 119 cm³/mol. The van der Waals surface area contributed by atoms with Gasteiger partial charge in [0.25, 0.3) is 5.91 Å². The van der Waals surface area contributed by atoms with Gasteiger partial charge in [0.2, 0.25) is 5.91 Å². The summed E-state index contributed by atoms with van der Waals surface area (Å²) in [6.45, 7) is 1.03. The molecule has 2 amide bonds. The molecule has 5 heteroatoms. The van der Waals surface area contributed by atoms with Crippen molar-refractivity contribution in [3.05, 3.63) is 101 Å². The van der Waals surface area contributed by atoms with Gasteiger partial charge in [-0.05, 0) is 66.3 Å². The first-order valence-corrected chi connectivity index (χ1v) is 10.6. The molecule has 0 bridgehead atoms. The molecule has 3 aromatic carbocycles. The monoisotopic (exact) mass is 416 g/mol. The minimum absolute atomic E-state index is 0.0106. The lowest BCUT2D eigenvalue weighted by atomic mass is 10.1. The lowest BCUT2D eigenvalue weighted by Gasteiger charge is -2.24. The van der Waals surface area contributed by atoms with Gasteiger partial charge in [-0.15, -0.1) is 0 Å². The van der Waals surface area contributed by atoms with Gasteiger partial charge in [-0.25, -0.2) is 4.39 Å². The van der Waals surface area contributed by atoms with E-state index in [0.29, 0.717) is 23.7 Å². The Hall–Kier alpha value is -3.47. The minimum Gasteiger partial charge on any atom is -0.356 e. The van der Waals surface area contributed by atoms with Crippen LogP contribution in [-0.4, -0.2) is 18.4 Å². The maximum atomic E-state index is 13.3. The van der Waals surface area contributed by atoms with Crippen molar-refractivity contribution in [3.63, 3.8) is 0 Å². The van der Waals surface area contributed by atoms with Crippen LogP contribution in [-0.2, 0) is 17.8 Å². The summed E-state index contributed by atoms with van der Waals surface area (Å²) < 4.78 is 13.3. The largest absolute Gasteiger partial charge is 0.356 e. The zero-order chi connectivity index (χ0) is 21.6. The van der Waals surface area contributed by atoms with Gasteiger partial charge in [0.15, 0.2) is 0 Å². The first kappa shape index (κ1) is 20.8. The average molecular weight is 416 g/mol. The van der Waals surface area contributed by atoms with E-state index in [2.05, 4.69) is 5.32 Å². The summed E-state index contributed by atoms with van der Waals surface area (Å²) in [6.07, 6.45) is 2.65. The minimum atomic E-state index is -0.316. The number of hydrogen-bond acceptors (Lipinski definition) is 2. The van der Waals surface area contributed by atoms with Crippen LogP contribution in [0.2, 0.25) is 0 Å². The SMILES string of the molecule is O=C(Cc1cccc(N(Cc2ccc(F)cc2)C(=O)c2ccccc2)c1)NCC1CC1. The van der Waals surface area contributed by atoms with Crippen molar-refractivity contribution in [3.8, 4) is 0 Å². The molecule has 0 aliphatic heterocycles. The van der Waals surface area contributed by atoms with Crippen molar-refractivity contribution in [2.24, 2.45) is 5.92 Å². The molecule has 0 heterocycles. The van der Waals surface area contributed by atoms with Crippen LogP contribution in [0.4, 0.5) is 10.1 Å². The smallest absolute Gasteiger partial charge is 0.258 e. The van der Waals surface area contributed by atoms with Crippen LogP contribution < -0.4 is 10.2 Å². The second-order valence-corrected chi connectivity index (χ2v) is 7.98. The Bertz CT molecular complexity index is 1050. The fourth-order valence-electron chi connectivity index (χ4n) is 3.45. The van der Waals surface area contributed by atoms with Crippen molar-refractivity contribution in [2.45, 2.75) is 25.8 Å². The van der Waals surface area contributed by atoms with Gasteiger partial charge < -0.3 is 10.2 Å². The molecule has 1 fully saturated rings. The van der Waals surface area contributed by atoms with Gasteiger partial charge in [-0.1, -0.05) is 42.5 Å². The third-order valence-corrected chi connectivity index (χ3v) is 5.39. The third-order valence-electron chi connectivity index (χ3n) is 5.39. The fraction of sp³-hybridized carbons (Fsp3) is 0.231. The highest BCUT2D eigenvalue weighted by Gasteiger charge is 2.22. The molecule has 1 saturated carbocycles. The number of amides is 2. The molecule has 4 nitrogen and oxygen atoms in total. The van der Waals surface area contributed by atoms with Crippen LogP contribution in [0.15, 0.2) is 78.9 Å². The number of carbonyl (C=O) groups is 2. The average Bonchev–Trinajstić information content (AvgIpc) is 3.62. The molecular formula is C26H25FN2O2. The third kappa shape index (κ3) is 5.79. The number of benzene rings is 3. The van der Waals surface area contributed by atoms with E-state index >= 15 is 0 Å². The molecule has 0 aromatic heterocycles. The quantitative estimate of drug-likeness (QED) is 0.577. The highest BCUT2D eigenvalue weighted by molar-refractivity contribution is 6.06. The summed E-state index contributed by atoms with van der Waals surface area (Å²) in [5.74, 6) is 0.151. The topological polar surface area (TPSA) is 49.4 Å². The zero-order valence-electron chi connectivity index (χ0n) is 17.3. The van der Waals surface area contributed by atoms with Crippen LogP contribution in [0.1, 0.15) is 34.3 Å². The van der Waals surface area contributed by atoms with Crippen molar-refractivity contribution >= 4 is 17.5 Å². The molecule has 3 aromatic rings. The van der Waals surface area contributed by atoms with Crippen molar-refractivity contribution in [1.29, 1.82) is 0 Å². The summed E-state index contributed by atoms with van der Waals surface area (Å²) in [6, 6.07) is 22.7. The second kappa shape index (κ2) is 9.56.